The lowest BCUT2D eigenvalue weighted by atomic mass is 10.1. The van der Waals surface area contributed by atoms with Crippen LogP contribution < -0.4 is 0 Å². The molecule has 0 radical (unpaired) electrons. The summed E-state index contributed by atoms with van der Waals surface area (Å²) in [5.74, 6) is 0. The lowest BCUT2D eigenvalue weighted by molar-refractivity contribution is 0.122. The van der Waals surface area contributed by atoms with Crippen LogP contribution in [0.5, 0.6) is 0 Å². The molecule has 40 heavy (non-hydrogen) atoms. The molecule has 0 heterocycles. The molecule has 0 atom stereocenters. The van der Waals surface area contributed by atoms with Gasteiger partial charge >= 0.3 is 17.6 Å². The molecule has 0 saturated heterocycles. The van der Waals surface area contributed by atoms with Crippen molar-refractivity contribution in [2.45, 2.75) is 167 Å². The monoisotopic (exact) mass is 654 g/mol. The van der Waals surface area contributed by atoms with E-state index in [1.54, 1.807) is 21.3 Å². The smallest absolute Gasteiger partial charge is 0.416 e. The van der Waals surface area contributed by atoms with Crippen LogP contribution in [-0.4, -0.2) is 63.9 Å². The summed E-state index contributed by atoms with van der Waals surface area (Å²) in [6.45, 7) is 35.1. The van der Waals surface area contributed by atoms with Gasteiger partial charge in [0, 0.05) is 33.4 Å². The van der Waals surface area contributed by atoms with Crippen molar-refractivity contribution >= 4 is 42.6 Å². The zero-order valence-corrected chi connectivity index (χ0v) is 35.1. The summed E-state index contributed by atoms with van der Waals surface area (Å²) < 4.78 is 39.0. The number of hydrogen-bond acceptors (Lipinski definition) is 6. The van der Waals surface area contributed by atoms with Crippen molar-refractivity contribution in [2.75, 3.05) is 21.3 Å². The molecule has 0 fully saturated rings. The van der Waals surface area contributed by atoms with Gasteiger partial charge in [0.05, 0.1) is 0 Å². The minimum absolute atomic E-state index is 0.0873. The van der Waals surface area contributed by atoms with E-state index in [0.29, 0.717) is 0 Å². The summed E-state index contributed by atoms with van der Waals surface area (Å²) in [7, 11) is -6.84. The summed E-state index contributed by atoms with van der Waals surface area (Å²) in [4.78, 5) is 0. The van der Waals surface area contributed by atoms with Crippen molar-refractivity contribution in [1.29, 1.82) is 0 Å². The van der Waals surface area contributed by atoms with Crippen LogP contribution in [-0.2, 0) is 25.6 Å². The molecule has 242 valence electrons. The van der Waals surface area contributed by atoms with Crippen molar-refractivity contribution in [3.8, 4) is 0 Å². The standard InChI is InChI=1S/C29H70O6Si5/c1-27(2,3)36(13,14)33-40(34-37(15,16)28(4,5)6,35-38(17,18)29(7,8)9)26-24-22-20-19-21-23-25-39(30-10,31-11)32-12/h19-26H2,1-18H3. The highest BCUT2D eigenvalue weighted by Gasteiger charge is 2.57. The Bertz CT molecular complexity index is 657. The third-order valence-corrected chi connectivity index (χ3v) is 34.3. The van der Waals surface area contributed by atoms with Crippen LogP contribution in [0.4, 0.5) is 0 Å². The minimum atomic E-state index is -3.01. The third-order valence-electron chi connectivity index (χ3n) is 9.80. The van der Waals surface area contributed by atoms with E-state index >= 15 is 0 Å². The number of rotatable bonds is 18. The van der Waals surface area contributed by atoms with Gasteiger partial charge in [-0.25, -0.2) is 0 Å². The Balaban J connectivity index is 5.91. The second kappa shape index (κ2) is 15.2. The fourth-order valence-corrected chi connectivity index (χ4v) is 22.1. The first-order valence-electron chi connectivity index (χ1n) is 15.5. The minimum Gasteiger partial charge on any atom is -0.416 e. The zero-order valence-electron chi connectivity index (χ0n) is 30.1. The molecule has 0 rings (SSSR count). The van der Waals surface area contributed by atoms with Gasteiger partial charge in [-0.2, -0.15) is 0 Å². The van der Waals surface area contributed by atoms with E-state index in [0.717, 1.165) is 31.4 Å². The van der Waals surface area contributed by atoms with Gasteiger partial charge in [-0.05, 0) is 67.2 Å². The lowest BCUT2D eigenvalue weighted by Gasteiger charge is -2.52. The molecular formula is C29H70O6Si5. The van der Waals surface area contributed by atoms with Gasteiger partial charge in [-0.3, -0.25) is 0 Å². The average molecular weight is 655 g/mol. The molecule has 0 aliphatic carbocycles. The summed E-state index contributed by atoms with van der Waals surface area (Å²) in [6, 6.07) is 1.78. The lowest BCUT2D eigenvalue weighted by Crippen LogP contribution is -2.65. The molecule has 0 spiro atoms. The second-order valence-electron chi connectivity index (χ2n) is 16.2. The average Bonchev–Trinajstić information content (AvgIpc) is 2.75. The van der Waals surface area contributed by atoms with Crippen LogP contribution in [0.1, 0.15) is 101 Å². The van der Waals surface area contributed by atoms with E-state index in [1.807, 2.05) is 0 Å². The van der Waals surface area contributed by atoms with E-state index in [-0.39, 0.29) is 15.1 Å². The number of hydrogen-bond donors (Lipinski definition) is 0. The molecule has 0 aliphatic heterocycles. The van der Waals surface area contributed by atoms with Gasteiger partial charge in [0.1, 0.15) is 0 Å². The topological polar surface area (TPSA) is 55.4 Å². The van der Waals surface area contributed by atoms with Crippen molar-refractivity contribution in [1.82, 2.24) is 0 Å². The first-order valence-corrected chi connectivity index (χ1v) is 28.1. The predicted molar refractivity (Wildman–Crippen MR) is 185 cm³/mol. The van der Waals surface area contributed by atoms with Crippen molar-refractivity contribution < 1.29 is 25.6 Å². The Labute approximate surface area is 256 Å². The molecule has 0 saturated carbocycles. The van der Waals surface area contributed by atoms with Gasteiger partial charge in [-0.1, -0.05) is 88.0 Å². The Morgan fingerprint density at radius 2 is 0.600 bits per heavy atom. The summed E-state index contributed by atoms with van der Waals surface area (Å²) in [6.07, 6.45) is 6.88. The highest BCUT2D eigenvalue weighted by molar-refractivity contribution is 6.92. The fourth-order valence-electron chi connectivity index (χ4n) is 3.79. The van der Waals surface area contributed by atoms with Gasteiger partial charge in [0.25, 0.3) is 0 Å². The predicted octanol–water partition coefficient (Wildman–Crippen LogP) is 10.2. The Kier molecular flexibility index (Phi) is 15.5. The van der Waals surface area contributed by atoms with Crippen molar-refractivity contribution in [2.24, 2.45) is 0 Å². The quantitative estimate of drug-likeness (QED) is 0.108. The van der Waals surface area contributed by atoms with Gasteiger partial charge in [0.2, 0.25) is 0 Å². The highest BCUT2D eigenvalue weighted by Crippen LogP contribution is 2.47. The fraction of sp³-hybridized carbons (Fsp3) is 1.00. The normalized spacial score (nSPS) is 15.2. The molecule has 0 aromatic carbocycles. The molecule has 11 heteroatoms. The van der Waals surface area contributed by atoms with E-state index in [4.69, 9.17) is 25.6 Å². The Hall–Kier alpha value is 0.844. The number of unbranched alkanes of at least 4 members (excludes halogenated alkanes) is 5. The Morgan fingerprint density at radius 3 is 0.825 bits per heavy atom. The molecule has 0 aromatic heterocycles. The van der Waals surface area contributed by atoms with Crippen LogP contribution in [0.25, 0.3) is 0 Å². The first kappa shape index (κ1) is 40.8. The van der Waals surface area contributed by atoms with E-state index < -0.39 is 42.6 Å². The molecule has 0 aliphatic rings. The van der Waals surface area contributed by atoms with Gasteiger partial charge in [0.15, 0.2) is 25.0 Å². The summed E-state index contributed by atoms with van der Waals surface area (Å²) in [5, 5.41) is 0.262. The van der Waals surface area contributed by atoms with Crippen molar-refractivity contribution in [3.63, 3.8) is 0 Å². The van der Waals surface area contributed by atoms with Crippen LogP contribution in [0.15, 0.2) is 0 Å². The van der Waals surface area contributed by atoms with Crippen molar-refractivity contribution in [3.05, 3.63) is 0 Å². The Morgan fingerprint density at radius 1 is 0.375 bits per heavy atom. The van der Waals surface area contributed by atoms with E-state index in [2.05, 4.69) is 102 Å². The third kappa shape index (κ3) is 12.1. The van der Waals surface area contributed by atoms with Gasteiger partial charge < -0.3 is 25.6 Å². The molecule has 0 N–H and O–H groups in total. The molecular weight excluding hydrogens is 585 g/mol. The first-order chi connectivity index (χ1) is 17.8. The van der Waals surface area contributed by atoms with Crippen LogP contribution >= 0.6 is 0 Å². The largest absolute Gasteiger partial charge is 0.500 e. The van der Waals surface area contributed by atoms with Gasteiger partial charge in [-0.15, -0.1) is 0 Å². The van der Waals surface area contributed by atoms with Crippen LogP contribution in [0, 0.1) is 0 Å². The van der Waals surface area contributed by atoms with Crippen LogP contribution in [0.3, 0.4) is 0 Å². The summed E-state index contributed by atoms with van der Waals surface area (Å²) in [5.41, 5.74) is 0. The summed E-state index contributed by atoms with van der Waals surface area (Å²) >= 11 is 0. The van der Waals surface area contributed by atoms with E-state index in [9.17, 15) is 0 Å². The maximum absolute atomic E-state index is 7.44. The molecule has 0 unspecified atom stereocenters. The maximum Gasteiger partial charge on any atom is 0.500 e. The molecule has 0 bridgehead atoms. The zero-order chi connectivity index (χ0) is 31.9. The van der Waals surface area contributed by atoms with Crippen LogP contribution in [0.2, 0.25) is 66.5 Å². The molecule has 0 amide bonds. The maximum atomic E-state index is 7.44. The van der Waals surface area contributed by atoms with E-state index in [1.165, 1.54) is 19.3 Å². The highest BCUT2D eigenvalue weighted by atomic mass is 28.5. The molecule has 0 aromatic rings. The molecule has 6 nitrogen and oxygen atoms in total. The SMILES string of the molecule is CO[Si](CCCCCCCC[Si](O[Si](C)(C)C(C)(C)C)(O[Si](C)(C)C(C)(C)C)O[Si](C)(C)C(C)(C)C)(OC)OC. The second-order valence-corrected chi connectivity index (χ2v) is 37.2.